The Hall–Kier alpha value is -3.47. The molecule has 5 nitrogen and oxygen atoms in total. The fourth-order valence-electron chi connectivity index (χ4n) is 3.23. The van der Waals surface area contributed by atoms with Crippen LogP contribution in [0, 0.1) is 6.92 Å². The summed E-state index contributed by atoms with van der Waals surface area (Å²) in [6.07, 6.45) is 5.28. The second kappa shape index (κ2) is 8.91. The van der Waals surface area contributed by atoms with Gasteiger partial charge in [-0.15, -0.1) is 0 Å². The van der Waals surface area contributed by atoms with Crippen LogP contribution in [0.2, 0.25) is 0 Å². The van der Waals surface area contributed by atoms with Crippen molar-refractivity contribution < 1.29 is 14.3 Å². The first-order chi connectivity index (χ1) is 14.2. The highest BCUT2D eigenvalue weighted by Crippen LogP contribution is 2.23. The van der Waals surface area contributed by atoms with Gasteiger partial charge in [-0.05, 0) is 57.4 Å². The lowest BCUT2D eigenvalue weighted by molar-refractivity contribution is -0.148. The summed E-state index contributed by atoms with van der Waals surface area (Å²) < 4.78 is 5.28. The molecular weight excluding hydrogens is 376 g/mol. The minimum atomic E-state index is -0.539. The lowest BCUT2D eigenvalue weighted by Gasteiger charge is -2.18. The lowest BCUT2D eigenvalue weighted by Crippen LogP contribution is -2.22. The third-order valence-electron chi connectivity index (χ3n) is 4.47. The van der Waals surface area contributed by atoms with Gasteiger partial charge in [0.05, 0.1) is 11.2 Å². The number of hydrogen-bond acceptors (Lipinski definition) is 4. The maximum absolute atomic E-state index is 13.1. The summed E-state index contributed by atoms with van der Waals surface area (Å²) in [5.41, 5.74) is 3.16. The van der Waals surface area contributed by atoms with Gasteiger partial charge in [-0.3, -0.25) is 9.78 Å². The first-order valence-electron chi connectivity index (χ1n) is 9.88. The molecule has 5 heteroatoms. The van der Waals surface area contributed by atoms with Crippen LogP contribution in [0.3, 0.4) is 0 Å². The number of para-hydroxylation sites is 1. The van der Waals surface area contributed by atoms with Crippen molar-refractivity contribution in [1.82, 2.24) is 4.98 Å². The molecule has 0 unspecified atom stereocenters. The zero-order valence-electron chi connectivity index (χ0n) is 17.7. The number of amides is 1. The Kier molecular flexibility index (Phi) is 6.31. The fraction of sp³-hybridized carbons (Fsp3) is 0.240. The van der Waals surface area contributed by atoms with Crippen LogP contribution in [0.15, 0.2) is 66.9 Å². The standard InChI is InChI=1S/C25H26N2O3/c1-17-9-5-10-18(11-7-15-21(28)30-25(2,3)4)22(17)24(29)27-20-14-6-12-19-13-8-16-26-23(19)20/h5-10,12-16H,11H2,1-4H3,(H,27,29)/b15-7+. The number of ether oxygens (including phenoxy) is 1. The molecule has 0 radical (unpaired) electrons. The summed E-state index contributed by atoms with van der Waals surface area (Å²) in [4.78, 5) is 29.4. The van der Waals surface area contributed by atoms with Crippen molar-refractivity contribution in [3.05, 3.63) is 83.6 Å². The van der Waals surface area contributed by atoms with Crippen LogP contribution < -0.4 is 5.32 Å². The van der Waals surface area contributed by atoms with Crippen molar-refractivity contribution in [1.29, 1.82) is 0 Å². The first kappa shape index (κ1) is 21.2. The predicted octanol–water partition coefficient (Wildman–Crippen LogP) is 5.24. The monoisotopic (exact) mass is 402 g/mol. The molecule has 0 aliphatic heterocycles. The number of anilines is 1. The average Bonchev–Trinajstić information content (AvgIpc) is 2.67. The molecule has 0 aliphatic carbocycles. The minimum absolute atomic E-state index is 0.202. The lowest BCUT2D eigenvalue weighted by atomic mass is 9.98. The van der Waals surface area contributed by atoms with Gasteiger partial charge < -0.3 is 10.1 Å². The number of nitrogens with zero attached hydrogens (tertiary/aromatic N) is 1. The number of allylic oxidation sites excluding steroid dienone is 1. The number of nitrogens with one attached hydrogen (secondary N) is 1. The number of fused-ring (bicyclic) bond motifs is 1. The van der Waals surface area contributed by atoms with Gasteiger partial charge in [0.1, 0.15) is 5.60 Å². The van der Waals surface area contributed by atoms with Gasteiger partial charge in [-0.1, -0.05) is 42.5 Å². The van der Waals surface area contributed by atoms with E-state index >= 15 is 0 Å². The molecule has 0 saturated heterocycles. The highest BCUT2D eigenvalue weighted by atomic mass is 16.6. The second-order valence-corrected chi connectivity index (χ2v) is 8.08. The molecule has 1 heterocycles. The van der Waals surface area contributed by atoms with Gasteiger partial charge in [0, 0.05) is 23.2 Å². The highest BCUT2D eigenvalue weighted by Gasteiger charge is 2.16. The van der Waals surface area contributed by atoms with E-state index < -0.39 is 11.6 Å². The van der Waals surface area contributed by atoms with Crippen molar-refractivity contribution in [3.63, 3.8) is 0 Å². The first-order valence-corrected chi connectivity index (χ1v) is 9.88. The van der Waals surface area contributed by atoms with Gasteiger partial charge in [0.2, 0.25) is 0 Å². The van der Waals surface area contributed by atoms with E-state index in [1.807, 2.05) is 76.2 Å². The molecule has 2 aromatic carbocycles. The molecule has 3 rings (SSSR count). The SMILES string of the molecule is Cc1cccc(C/C=C/C(=O)OC(C)(C)C)c1C(=O)Nc1cccc2cccnc12. The van der Waals surface area contributed by atoms with E-state index in [-0.39, 0.29) is 5.91 Å². The summed E-state index contributed by atoms with van der Waals surface area (Å²) in [6, 6.07) is 15.2. The predicted molar refractivity (Wildman–Crippen MR) is 120 cm³/mol. The van der Waals surface area contributed by atoms with Crippen LogP contribution >= 0.6 is 0 Å². The summed E-state index contributed by atoms with van der Waals surface area (Å²) in [7, 11) is 0. The van der Waals surface area contributed by atoms with E-state index in [1.54, 1.807) is 12.3 Å². The molecule has 0 saturated carbocycles. The highest BCUT2D eigenvalue weighted by molar-refractivity contribution is 6.09. The van der Waals surface area contributed by atoms with E-state index in [9.17, 15) is 9.59 Å². The number of rotatable bonds is 5. The largest absolute Gasteiger partial charge is 0.457 e. The number of pyridine rings is 1. The Morgan fingerprint density at radius 1 is 1.07 bits per heavy atom. The van der Waals surface area contributed by atoms with Crippen LogP contribution in [0.25, 0.3) is 10.9 Å². The van der Waals surface area contributed by atoms with Gasteiger partial charge in [-0.2, -0.15) is 0 Å². The molecule has 0 atom stereocenters. The minimum Gasteiger partial charge on any atom is -0.457 e. The number of hydrogen-bond donors (Lipinski definition) is 1. The molecule has 1 N–H and O–H groups in total. The number of aryl methyl sites for hydroxylation is 1. The topological polar surface area (TPSA) is 68.3 Å². The number of aromatic nitrogens is 1. The molecule has 0 bridgehead atoms. The van der Waals surface area contributed by atoms with Crippen molar-refractivity contribution >= 4 is 28.5 Å². The van der Waals surface area contributed by atoms with Crippen molar-refractivity contribution in [2.24, 2.45) is 0 Å². The van der Waals surface area contributed by atoms with E-state index in [1.165, 1.54) is 6.08 Å². The van der Waals surface area contributed by atoms with Crippen LogP contribution in [-0.4, -0.2) is 22.5 Å². The molecule has 0 fully saturated rings. The average molecular weight is 402 g/mol. The zero-order chi connectivity index (χ0) is 21.7. The Labute approximate surface area is 176 Å². The number of esters is 1. The van der Waals surface area contributed by atoms with Crippen molar-refractivity contribution in [2.75, 3.05) is 5.32 Å². The number of carbonyl (C=O) groups excluding carboxylic acids is 2. The maximum Gasteiger partial charge on any atom is 0.330 e. The van der Waals surface area contributed by atoms with Crippen molar-refractivity contribution in [2.45, 2.75) is 39.7 Å². The van der Waals surface area contributed by atoms with E-state index in [0.717, 1.165) is 22.0 Å². The van der Waals surface area contributed by atoms with Crippen molar-refractivity contribution in [3.8, 4) is 0 Å². The van der Waals surface area contributed by atoms with E-state index in [4.69, 9.17) is 4.74 Å². The summed E-state index contributed by atoms with van der Waals surface area (Å²) in [5.74, 6) is -0.602. The van der Waals surface area contributed by atoms with Gasteiger partial charge in [0.25, 0.3) is 5.91 Å². The van der Waals surface area contributed by atoms with Crippen LogP contribution in [-0.2, 0) is 16.0 Å². The number of carbonyl (C=O) groups is 2. The van der Waals surface area contributed by atoms with Gasteiger partial charge in [-0.25, -0.2) is 4.79 Å². The quantitative estimate of drug-likeness (QED) is 0.468. The third kappa shape index (κ3) is 5.32. The summed E-state index contributed by atoms with van der Waals surface area (Å²) in [6.45, 7) is 7.37. The molecule has 154 valence electrons. The molecule has 3 aromatic rings. The van der Waals surface area contributed by atoms with E-state index in [0.29, 0.717) is 17.7 Å². The normalized spacial score (nSPS) is 11.6. The Balaban J connectivity index is 1.82. The van der Waals surface area contributed by atoms with Gasteiger partial charge >= 0.3 is 5.97 Å². The zero-order valence-corrected chi connectivity index (χ0v) is 17.7. The van der Waals surface area contributed by atoms with Crippen LogP contribution in [0.4, 0.5) is 5.69 Å². The molecular formula is C25H26N2O3. The Morgan fingerprint density at radius 3 is 2.57 bits per heavy atom. The maximum atomic E-state index is 13.1. The summed E-state index contributed by atoms with van der Waals surface area (Å²) >= 11 is 0. The molecule has 0 spiro atoms. The van der Waals surface area contributed by atoms with E-state index in [2.05, 4.69) is 10.3 Å². The molecule has 1 amide bonds. The smallest absolute Gasteiger partial charge is 0.330 e. The van der Waals surface area contributed by atoms with Gasteiger partial charge in [0.15, 0.2) is 0 Å². The second-order valence-electron chi connectivity index (χ2n) is 8.08. The van der Waals surface area contributed by atoms with Crippen LogP contribution in [0.5, 0.6) is 0 Å². The fourth-order valence-corrected chi connectivity index (χ4v) is 3.23. The Morgan fingerprint density at radius 2 is 1.80 bits per heavy atom. The molecule has 30 heavy (non-hydrogen) atoms. The summed E-state index contributed by atoms with van der Waals surface area (Å²) in [5, 5.41) is 3.95. The molecule has 0 aliphatic rings. The number of benzene rings is 2. The Bertz CT molecular complexity index is 1110. The third-order valence-corrected chi connectivity index (χ3v) is 4.47. The van der Waals surface area contributed by atoms with Crippen LogP contribution in [0.1, 0.15) is 42.3 Å². The molecule has 1 aromatic heterocycles.